The molecule has 0 aromatic heterocycles. The molecule has 0 bridgehead atoms. The van der Waals surface area contributed by atoms with Crippen molar-refractivity contribution in [3.63, 3.8) is 0 Å². The highest BCUT2D eigenvalue weighted by Crippen LogP contribution is 2.15. The third-order valence-electron chi connectivity index (χ3n) is 1.69. The van der Waals surface area contributed by atoms with Gasteiger partial charge in [-0.25, -0.2) is 12.8 Å². The molecule has 0 spiro atoms. The molecule has 78 valence electrons. The molecule has 0 saturated heterocycles. The van der Waals surface area contributed by atoms with Crippen LogP contribution in [0.4, 0.5) is 4.39 Å². The van der Waals surface area contributed by atoms with Gasteiger partial charge in [0.05, 0.1) is 11.9 Å². The molecule has 1 aromatic rings. The Morgan fingerprint density at radius 1 is 1.50 bits per heavy atom. The van der Waals surface area contributed by atoms with Gasteiger partial charge in [0, 0.05) is 6.26 Å². The Morgan fingerprint density at radius 3 is 2.64 bits per heavy atom. The Labute approximate surface area is 82.1 Å². The fraction of sp³-hybridized carbons (Fsp3) is 0.333. The Balaban J connectivity index is 2.85. The number of hydrogen-bond acceptors (Lipinski definition) is 3. The molecule has 3 nitrogen and oxygen atoms in total. The van der Waals surface area contributed by atoms with Crippen LogP contribution in [-0.4, -0.2) is 25.5 Å². The highest BCUT2D eigenvalue weighted by molar-refractivity contribution is 7.90. The largest absolute Gasteiger partial charge is 0.387 e. The van der Waals surface area contributed by atoms with E-state index in [-0.39, 0.29) is 5.56 Å². The second kappa shape index (κ2) is 4.06. The summed E-state index contributed by atoms with van der Waals surface area (Å²) in [6.45, 7) is 0. The maximum atomic E-state index is 12.7. The van der Waals surface area contributed by atoms with Crippen LogP contribution >= 0.6 is 0 Å². The van der Waals surface area contributed by atoms with Gasteiger partial charge in [-0.2, -0.15) is 0 Å². The molecule has 1 atom stereocenters. The molecular formula is C9H11FO3S. The summed E-state index contributed by atoms with van der Waals surface area (Å²) in [5.41, 5.74) is 0.274. The lowest BCUT2D eigenvalue weighted by Crippen LogP contribution is -2.12. The normalized spacial score (nSPS) is 13.9. The van der Waals surface area contributed by atoms with E-state index in [2.05, 4.69) is 0 Å². The zero-order chi connectivity index (χ0) is 10.8. The average molecular weight is 218 g/mol. The van der Waals surface area contributed by atoms with E-state index in [4.69, 9.17) is 0 Å². The number of halogens is 1. The molecule has 0 aliphatic heterocycles. The van der Waals surface area contributed by atoms with Gasteiger partial charge in [0.15, 0.2) is 0 Å². The summed E-state index contributed by atoms with van der Waals surface area (Å²) in [7, 11) is -3.26. The smallest absolute Gasteiger partial charge is 0.150 e. The first kappa shape index (κ1) is 11.1. The van der Waals surface area contributed by atoms with Crippen LogP contribution in [0.2, 0.25) is 0 Å². The zero-order valence-corrected chi connectivity index (χ0v) is 8.46. The van der Waals surface area contributed by atoms with Crippen molar-refractivity contribution in [3.05, 3.63) is 35.6 Å². The third-order valence-corrected chi connectivity index (χ3v) is 2.62. The fourth-order valence-corrected chi connectivity index (χ4v) is 1.86. The quantitative estimate of drug-likeness (QED) is 0.820. The molecule has 0 aliphatic rings. The molecule has 5 heteroatoms. The minimum atomic E-state index is -3.26. The number of benzene rings is 1. The van der Waals surface area contributed by atoms with Crippen molar-refractivity contribution < 1.29 is 17.9 Å². The summed E-state index contributed by atoms with van der Waals surface area (Å²) in [4.78, 5) is 0. The Bertz CT molecular complexity index is 414. The standard InChI is InChI=1S/C9H11FO3S/c1-14(12,13)6-9(11)7-3-2-4-8(10)5-7/h2-5,9,11H,6H2,1H3/t9-/m1/s1. The Morgan fingerprint density at radius 2 is 2.14 bits per heavy atom. The topological polar surface area (TPSA) is 54.4 Å². The first-order valence-corrected chi connectivity index (χ1v) is 6.06. The molecule has 1 N–H and O–H groups in total. The lowest BCUT2D eigenvalue weighted by molar-refractivity contribution is 0.201. The highest BCUT2D eigenvalue weighted by Gasteiger charge is 2.14. The fourth-order valence-electron chi connectivity index (χ4n) is 1.10. The molecule has 0 saturated carbocycles. The van der Waals surface area contributed by atoms with Gasteiger partial charge in [0.1, 0.15) is 15.7 Å². The maximum absolute atomic E-state index is 12.7. The van der Waals surface area contributed by atoms with E-state index >= 15 is 0 Å². The van der Waals surface area contributed by atoms with Crippen molar-refractivity contribution in [3.8, 4) is 0 Å². The van der Waals surface area contributed by atoms with Crippen LogP contribution in [0.25, 0.3) is 0 Å². The molecule has 1 rings (SSSR count). The van der Waals surface area contributed by atoms with Gasteiger partial charge in [-0.1, -0.05) is 12.1 Å². The number of aliphatic hydroxyl groups excluding tert-OH is 1. The van der Waals surface area contributed by atoms with E-state index in [0.717, 1.165) is 12.3 Å². The van der Waals surface area contributed by atoms with Crippen LogP contribution in [0, 0.1) is 5.82 Å². The van der Waals surface area contributed by atoms with E-state index in [1.807, 2.05) is 0 Å². The van der Waals surface area contributed by atoms with Crippen molar-refractivity contribution in [1.29, 1.82) is 0 Å². The Hall–Kier alpha value is -0.940. The monoisotopic (exact) mass is 218 g/mol. The van der Waals surface area contributed by atoms with Crippen LogP contribution < -0.4 is 0 Å². The second-order valence-electron chi connectivity index (χ2n) is 3.16. The van der Waals surface area contributed by atoms with Crippen molar-refractivity contribution in [2.75, 3.05) is 12.0 Å². The maximum Gasteiger partial charge on any atom is 0.150 e. The van der Waals surface area contributed by atoms with Crippen LogP contribution in [-0.2, 0) is 9.84 Å². The van der Waals surface area contributed by atoms with Crippen LogP contribution in [0.1, 0.15) is 11.7 Å². The minimum Gasteiger partial charge on any atom is -0.387 e. The first-order valence-electron chi connectivity index (χ1n) is 4.00. The van der Waals surface area contributed by atoms with Crippen LogP contribution in [0.3, 0.4) is 0 Å². The lowest BCUT2D eigenvalue weighted by Gasteiger charge is -2.09. The van der Waals surface area contributed by atoms with Crippen molar-refractivity contribution in [2.45, 2.75) is 6.10 Å². The molecule has 0 fully saturated rings. The SMILES string of the molecule is CS(=O)(=O)C[C@@H](O)c1cccc(F)c1. The third kappa shape index (κ3) is 3.43. The number of rotatable bonds is 3. The molecule has 0 unspecified atom stereocenters. The van der Waals surface area contributed by atoms with Gasteiger partial charge in [0.25, 0.3) is 0 Å². The van der Waals surface area contributed by atoms with E-state index in [0.29, 0.717) is 0 Å². The number of aliphatic hydroxyl groups is 1. The highest BCUT2D eigenvalue weighted by atomic mass is 32.2. The lowest BCUT2D eigenvalue weighted by atomic mass is 10.1. The summed E-state index contributed by atoms with van der Waals surface area (Å²) in [5, 5.41) is 9.43. The van der Waals surface area contributed by atoms with Gasteiger partial charge in [0.2, 0.25) is 0 Å². The Kier molecular flexibility index (Phi) is 3.23. The molecule has 0 aliphatic carbocycles. The molecule has 0 radical (unpaired) electrons. The molecular weight excluding hydrogens is 207 g/mol. The van der Waals surface area contributed by atoms with Gasteiger partial charge in [-0.15, -0.1) is 0 Å². The van der Waals surface area contributed by atoms with E-state index in [1.165, 1.54) is 18.2 Å². The molecule has 14 heavy (non-hydrogen) atoms. The van der Waals surface area contributed by atoms with Crippen molar-refractivity contribution in [1.82, 2.24) is 0 Å². The predicted molar refractivity (Wildman–Crippen MR) is 51.1 cm³/mol. The van der Waals surface area contributed by atoms with E-state index < -0.39 is 27.5 Å². The molecule has 1 aromatic carbocycles. The van der Waals surface area contributed by atoms with Crippen LogP contribution in [0.15, 0.2) is 24.3 Å². The summed E-state index contributed by atoms with van der Waals surface area (Å²) >= 11 is 0. The van der Waals surface area contributed by atoms with Crippen LogP contribution in [0.5, 0.6) is 0 Å². The van der Waals surface area contributed by atoms with Gasteiger partial charge in [-0.3, -0.25) is 0 Å². The predicted octanol–water partition coefficient (Wildman–Crippen LogP) is 0.904. The van der Waals surface area contributed by atoms with Gasteiger partial charge >= 0.3 is 0 Å². The van der Waals surface area contributed by atoms with E-state index in [9.17, 15) is 17.9 Å². The summed E-state index contributed by atoms with van der Waals surface area (Å²) in [6.07, 6.45) is -0.143. The average Bonchev–Trinajstić information content (AvgIpc) is 2.01. The number of sulfone groups is 1. The summed E-state index contributed by atoms with van der Waals surface area (Å²) < 4.78 is 34.4. The van der Waals surface area contributed by atoms with Crippen molar-refractivity contribution >= 4 is 9.84 Å². The van der Waals surface area contributed by atoms with Gasteiger partial charge < -0.3 is 5.11 Å². The number of hydrogen-bond donors (Lipinski definition) is 1. The summed E-state index contributed by atoms with van der Waals surface area (Å²) in [5.74, 6) is -0.883. The first-order chi connectivity index (χ1) is 6.38. The van der Waals surface area contributed by atoms with Gasteiger partial charge in [-0.05, 0) is 17.7 Å². The molecule has 0 amide bonds. The minimum absolute atomic E-state index is 0.274. The van der Waals surface area contributed by atoms with E-state index in [1.54, 1.807) is 0 Å². The second-order valence-corrected chi connectivity index (χ2v) is 5.35. The molecule has 0 heterocycles. The zero-order valence-electron chi connectivity index (χ0n) is 7.64. The summed E-state index contributed by atoms with van der Waals surface area (Å²) in [6, 6.07) is 5.27. The van der Waals surface area contributed by atoms with Crippen molar-refractivity contribution in [2.24, 2.45) is 0 Å².